The highest BCUT2D eigenvalue weighted by molar-refractivity contribution is 6.12. The van der Waals surface area contributed by atoms with Gasteiger partial charge in [-0.2, -0.15) is 0 Å². The first-order chi connectivity index (χ1) is 12.0. The Bertz CT molecular complexity index is 926. The maximum atomic E-state index is 12.9. The molecule has 1 saturated carbocycles. The highest BCUT2D eigenvalue weighted by Gasteiger charge is 2.60. The number of Topliss-reactive ketones (excluding diaryl/α,β-unsaturated/α-hetero) is 1. The van der Waals surface area contributed by atoms with Crippen LogP contribution in [0.4, 0.5) is 0 Å². The number of benzene rings is 1. The first kappa shape index (κ1) is 15.1. The minimum atomic E-state index is -1.15. The van der Waals surface area contributed by atoms with Gasteiger partial charge in [0.1, 0.15) is 11.8 Å². The summed E-state index contributed by atoms with van der Waals surface area (Å²) in [4.78, 5) is 17.2. The van der Waals surface area contributed by atoms with E-state index in [9.17, 15) is 9.90 Å². The van der Waals surface area contributed by atoms with Crippen molar-refractivity contribution in [3.05, 3.63) is 29.6 Å². The summed E-state index contributed by atoms with van der Waals surface area (Å²) < 4.78 is 17.5. The third kappa shape index (κ3) is 1.71. The smallest absolute Gasteiger partial charge is 0.237 e. The number of aromatic nitrogens is 1. The molecule has 1 aromatic heterocycles. The van der Waals surface area contributed by atoms with Crippen LogP contribution in [0.1, 0.15) is 41.7 Å². The first-order valence-electron chi connectivity index (χ1n) is 8.49. The van der Waals surface area contributed by atoms with Crippen LogP contribution in [0.5, 0.6) is 11.5 Å². The summed E-state index contributed by atoms with van der Waals surface area (Å²) in [7, 11) is 3.13. The van der Waals surface area contributed by atoms with E-state index < -0.39 is 17.3 Å². The summed E-state index contributed by atoms with van der Waals surface area (Å²) in [6.07, 6.45) is 2.95. The molecule has 2 bridgehead atoms. The first-order valence-corrected chi connectivity index (χ1v) is 8.49. The van der Waals surface area contributed by atoms with E-state index in [0.29, 0.717) is 42.9 Å². The maximum Gasteiger partial charge on any atom is 0.237 e. The zero-order valence-corrected chi connectivity index (χ0v) is 14.2. The summed E-state index contributed by atoms with van der Waals surface area (Å²) in [5.74, 6) is 0.0568. The third-order valence-corrected chi connectivity index (χ3v) is 6.09. The molecule has 0 amide bonds. The summed E-state index contributed by atoms with van der Waals surface area (Å²) in [6.45, 7) is 0. The molecule has 0 unspecified atom stereocenters. The normalized spacial score (nSPS) is 32.4. The highest BCUT2D eigenvalue weighted by Crippen LogP contribution is 2.61. The molecule has 3 aliphatic rings. The fourth-order valence-electron chi connectivity index (χ4n) is 4.95. The van der Waals surface area contributed by atoms with Crippen LogP contribution in [-0.4, -0.2) is 42.0 Å². The summed E-state index contributed by atoms with van der Waals surface area (Å²) >= 11 is 0. The van der Waals surface area contributed by atoms with Gasteiger partial charge in [0.05, 0.1) is 7.11 Å². The van der Waals surface area contributed by atoms with Crippen molar-refractivity contribution in [1.29, 1.82) is 0 Å². The monoisotopic (exact) mass is 341 g/mol. The van der Waals surface area contributed by atoms with E-state index in [1.807, 2.05) is 12.1 Å². The van der Waals surface area contributed by atoms with Crippen LogP contribution < -0.4 is 9.47 Å². The fourth-order valence-corrected chi connectivity index (χ4v) is 4.95. The van der Waals surface area contributed by atoms with Crippen molar-refractivity contribution in [2.24, 2.45) is 0 Å². The van der Waals surface area contributed by atoms with E-state index in [1.54, 1.807) is 20.4 Å². The number of ketones is 1. The number of aliphatic hydroxyl groups is 1. The minimum absolute atomic E-state index is 0.0394. The molecule has 0 saturated heterocycles. The Kier molecular flexibility index (Phi) is 2.84. The van der Waals surface area contributed by atoms with Gasteiger partial charge in [0.2, 0.25) is 5.79 Å². The van der Waals surface area contributed by atoms with Crippen LogP contribution in [0, 0.1) is 0 Å². The summed E-state index contributed by atoms with van der Waals surface area (Å²) in [5.41, 5.74) is 1.08. The predicted octanol–water partition coefficient (Wildman–Crippen LogP) is 2.35. The second-order valence-electron chi connectivity index (χ2n) is 7.27. The van der Waals surface area contributed by atoms with Crippen molar-refractivity contribution in [2.45, 2.75) is 43.0 Å². The van der Waals surface area contributed by atoms with Gasteiger partial charge in [-0.1, -0.05) is 0 Å². The van der Waals surface area contributed by atoms with Gasteiger partial charge in [-0.3, -0.25) is 9.78 Å². The van der Waals surface area contributed by atoms with Crippen LogP contribution in [-0.2, 0) is 10.2 Å². The van der Waals surface area contributed by atoms with Crippen molar-refractivity contribution in [3.8, 4) is 11.5 Å². The largest absolute Gasteiger partial charge is 0.493 e. The SMILES string of the molecule is COc1cc2ccnc3c2c2c1O[C@@]1(OC)C[C@@]2(CC[C@H]1O)CC3=O. The third-order valence-electron chi connectivity index (χ3n) is 6.09. The predicted molar refractivity (Wildman–Crippen MR) is 89.1 cm³/mol. The molecule has 6 nitrogen and oxygen atoms in total. The van der Waals surface area contributed by atoms with Crippen LogP contribution in [0.15, 0.2) is 18.3 Å². The number of rotatable bonds is 2. The number of carbonyl (C=O) groups excluding carboxylic acids is 1. The van der Waals surface area contributed by atoms with Gasteiger partial charge in [0.15, 0.2) is 17.3 Å². The van der Waals surface area contributed by atoms with E-state index in [-0.39, 0.29) is 5.78 Å². The molecular formula is C19H19NO5. The van der Waals surface area contributed by atoms with Gasteiger partial charge < -0.3 is 19.3 Å². The van der Waals surface area contributed by atoms with E-state index in [0.717, 1.165) is 16.3 Å². The Labute approximate surface area is 144 Å². The Morgan fingerprint density at radius 1 is 1.40 bits per heavy atom. The van der Waals surface area contributed by atoms with Crippen molar-refractivity contribution >= 4 is 16.6 Å². The van der Waals surface area contributed by atoms with Crippen LogP contribution in [0.25, 0.3) is 10.8 Å². The summed E-state index contributed by atoms with van der Waals surface area (Å²) in [5, 5.41) is 12.4. The maximum absolute atomic E-state index is 12.9. The Balaban J connectivity index is 1.93. The lowest BCUT2D eigenvalue weighted by atomic mass is 9.59. The van der Waals surface area contributed by atoms with Crippen molar-refractivity contribution in [1.82, 2.24) is 4.98 Å². The van der Waals surface area contributed by atoms with Crippen LogP contribution in [0.2, 0.25) is 0 Å². The lowest BCUT2D eigenvalue weighted by Crippen LogP contribution is -2.61. The number of hydrogen-bond donors (Lipinski definition) is 1. The average Bonchev–Trinajstić information content (AvgIpc) is 2.63. The number of hydrogen-bond acceptors (Lipinski definition) is 6. The van der Waals surface area contributed by atoms with Gasteiger partial charge in [-0.15, -0.1) is 0 Å². The van der Waals surface area contributed by atoms with Crippen LogP contribution in [0.3, 0.4) is 0 Å². The van der Waals surface area contributed by atoms with E-state index >= 15 is 0 Å². The second-order valence-corrected chi connectivity index (χ2v) is 7.27. The fraction of sp³-hybridized carbons (Fsp3) is 0.474. The highest BCUT2D eigenvalue weighted by atomic mass is 16.7. The van der Waals surface area contributed by atoms with Gasteiger partial charge in [0.25, 0.3) is 0 Å². The van der Waals surface area contributed by atoms with E-state index in [4.69, 9.17) is 14.2 Å². The minimum Gasteiger partial charge on any atom is -0.493 e. The second kappa shape index (κ2) is 4.71. The molecule has 25 heavy (non-hydrogen) atoms. The number of nitrogens with zero attached hydrogens (tertiary/aromatic N) is 1. The molecule has 1 aliphatic heterocycles. The molecule has 1 N–H and O–H groups in total. The van der Waals surface area contributed by atoms with Gasteiger partial charge >= 0.3 is 0 Å². The molecule has 0 radical (unpaired) electrons. The zero-order chi connectivity index (χ0) is 17.4. The van der Waals surface area contributed by atoms with Crippen LogP contribution >= 0.6 is 0 Å². The molecule has 2 aliphatic carbocycles. The molecule has 2 heterocycles. The molecule has 130 valence electrons. The van der Waals surface area contributed by atoms with E-state index in [2.05, 4.69) is 4.98 Å². The molecule has 5 rings (SSSR count). The summed E-state index contributed by atoms with van der Waals surface area (Å²) in [6, 6.07) is 3.76. The van der Waals surface area contributed by atoms with Gasteiger partial charge in [-0.25, -0.2) is 0 Å². The number of aliphatic hydroxyl groups excluding tert-OH is 1. The molecule has 1 spiro atoms. The zero-order valence-electron chi connectivity index (χ0n) is 14.2. The Morgan fingerprint density at radius 3 is 3.00 bits per heavy atom. The topological polar surface area (TPSA) is 77.9 Å². The van der Waals surface area contributed by atoms with Crippen molar-refractivity contribution < 1.29 is 24.1 Å². The molecular weight excluding hydrogens is 322 g/mol. The molecule has 6 heteroatoms. The lowest BCUT2D eigenvalue weighted by molar-refractivity contribution is -0.260. The van der Waals surface area contributed by atoms with Crippen molar-refractivity contribution in [2.75, 3.05) is 14.2 Å². The Hall–Kier alpha value is -2.18. The lowest BCUT2D eigenvalue weighted by Gasteiger charge is -2.54. The molecule has 1 fully saturated rings. The number of methoxy groups -OCH3 is 2. The number of ether oxygens (including phenoxy) is 3. The Morgan fingerprint density at radius 2 is 2.24 bits per heavy atom. The number of carbonyl (C=O) groups is 1. The van der Waals surface area contributed by atoms with Gasteiger partial charge in [0, 0.05) is 42.5 Å². The molecule has 1 aromatic carbocycles. The standard InChI is InChI=1S/C19H19NO5/c1-23-12-7-10-4-6-20-16-11(21)8-18-5-3-13(22)19(9-18,24-2)25-17(12)15(18)14(10)16/h4,6-7,13,22H,3,5,8-9H2,1-2H3/t13-,18-,19+/m1/s1. The number of fused-ring (bicyclic) bond motifs is 1. The molecule has 3 atom stereocenters. The molecule has 2 aromatic rings. The van der Waals surface area contributed by atoms with E-state index in [1.165, 1.54) is 0 Å². The average molecular weight is 341 g/mol. The quantitative estimate of drug-likeness (QED) is 0.903. The van der Waals surface area contributed by atoms with Gasteiger partial charge in [-0.05, 0) is 30.4 Å². The number of pyridine rings is 1. The van der Waals surface area contributed by atoms with Crippen molar-refractivity contribution in [3.63, 3.8) is 0 Å².